The summed E-state index contributed by atoms with van der Waals surface area (Å²) in [5, 5.41) is 1.37. The van der Waals surface area contributed by atoms with E-state index in [0.717, 1.165) is 0 Å². The molecule has 2 aromatic heterocycles. The van der Waals surface area contributed by atoms with Crippen LogP contribution >= 0.6 is 0 Å². The lowest BCUT2D eigenvalue weighted by atomic mass is 9.94. The van der Waals surface area contributed by atoms with Crippen molar-refractivity contribution in [3.8, 4) is 0 Å². The van der Waals surface area contributed by atoms with E-state index in [-0.39, 0.29) is 0 Å². The molecule has 0 amide bonds. The standard InChI is InChI=1S/C20H23N3/c1-15-19(17-9-3-4-10-18(17)22-15)20(16-8-7-11-21-14-16)23-12-5-2-6-13-23/h3-4,7-11,14,20,22H,2,5-6,12-13H2,1H3/p+2. The monoisotopic (exact) mass is 307 g/mol. The molecule has 0 spiro atoms. The van der Waals surface area contributed by atoms with Crippen molar-refractivity contribution in [1.29, 1.82) is 0 Å². The molecule has 118 valence electrons. The molecule has 1 aromatic carbocycles. The van der Waals surface area contributed by atoms with Crippen molar-refractivity contribution < 1.29 is 9.88 Å². The first-order valence-electron chi connectivity index (χ1n) is 8.72. The number of likely N-dealkylation sites (tertiary alicyclic amines) is 1. The minimum absolute atomic E-state index is 0.406. The van der Waals surface area contributed by atoms with Gasteiger partial charge in [0.2, 0.25) is 0 Å². The van der Waals surface area contributed by atoms with Crippen LogP contribution in [0.4, 0.5) is 0 Å². The predicted molar refractivity (Wildman–Crippen MR) is 92.4 cm³/mol. The second-order valence-electron chi connectivity index (χ2n) is 6.70. The van der Waals surface area contributed by atoms with Crippen LogP contribution in [0.3, 0.4) is 0 Å². The Morgan fingerprint density at radius 2 is 1.87 bits per heavy atom. The number of aryl methyl sites for hydroxylation is 1. The van der Waals surface area contributed by atoms with E-state index in [0.29, 0.717) is 6.04 Å². The maximum absolute atomic E-state index is 3.59. The molecule has 3 aromatic rings. The molecule has 3 heterocycles. The fraction of sp³-hybridized carbons (Fsp3) is 0.350. The van der Waals surface area contributed by atoms with Crippen molar-refractivity contribution in [2.24, 2.45) is 0 Å². The van der Waals surface area contributed by atoms with Crippen LogP contribution in [-0.4, -0.2) is 18.1 Å². The second-order valence-corrected chi connectivity index (χ2v) is 6.70. The molecule has 3 N–H and O–H groups in total. The Balaban J connectivity index is 1.88. The van der Waals surface area contributed by atoms with Crippen molar-refractivity contribution in [3.63, 3.8) is 0 Å². The lowest BCUT2D eigenvalue weighted by Crippen LogP contribution is -3.13. The van der Waals surface area contributed by atoms with Crippen LogP contribution in [0.5, 0.6) is 0 Å². The van der Waals surface area contributed by atoms with Crippen molar-refractivity contribution >= 4 is 10.9 Å². The number of aromatic amines is 2. The summed E-state index contributed by atoms with van der Waals surface area (Å²) in [6, 6.07) is 13.5. The molecule has 1 atom stereocenters. The molecule has 23 heavy (non-hydrogen) atoms. The number of hydrogen-bond donors (Lipinski definition) is 2. The number of quaternary nitrogens is 1. The predicted octanol–water partition coefficient (Wildman–Crippen LogP) is 2.45. The first-order chi connectivity index (χ1) is 11.3. The molecule has 1 saturated heterocycles. The van der Waals surface area contributed by atoms with Gasteiger partial charge in [-0.25, -0.2) is 4.98 Å². The fourth-order valence-corrected chi connectivity index (χ4v) is 4.16. The molecule has 0 aliphatic carbocycles. The molecule has 3 heteroatoms. The van der Waals surface area contributed by atoms with Gasteiger partial charge in [-0.2, -0.15) is 0 Å². The van der Waals surface area contributed by atoms with Crippen LogP contribution < -0.4 is 9.88 Å². The summed E-state index contributed by atoms with van der Waals surface area (Å²) in [6.07, 6.45) is 8.22. The number of hydrogen-bond acceptors (Lipinski definition) is 0. The smallest absolute Gasteiger partial charge is 0.176 e. The Morgan fingerprint density at radius 3 is 2.65 bits per heavy atom. The van der Waals surface area contributed by atoms with Gasteiger partial charge >= 0.3 is 0 Å². The fourth-order valence-electron chi connectivity index (χ4n) is 4.16. The van der Waals surface area contributed by atoms with Gasteiger partial charge in [0.15, 0.2) is 12.4 Å². The Labute approximate surface area is 137 Å². The minimum Gasteiger partial charge on any atom is -0.358 e. The highest BCUT2D eigenvalue weighted by molar-refractivity contribution is 5.85. The molecule has 1 fully saturated rings. The van der Waals surface area contributed by atoms with Gasteiger partial charge in [0.05, 0.1) is 18.7 Å². The summed E-state index contributed by atoms with van der Waals surface area (Å²) in [6.45, 7) is 4.75. The molecule has 1 aliphatic rings. The Kier molecular flexibility index (Phi) is 3.88. The van der Waals surface area contributed by atoms with Gasteiger partial charge in [0.1, 0.15) is 6.04 Å². The minimum atomic E-state index is 0.406. The van der Waals surface area contributed by atoms with Crippen molar-refractivity contribution in [1.82, 2.24) is 4.98 Å². The molecule has 1 aliphatic heterocycles. The van der Waals surface area contributed by atoms with Crippen LogP contribution in [0.25, 0.3) is 10.9 Å². The maximum Gasteiger partial charge on any atom is 0.176 e. The molecular formula is C20H25N3+2. The highest BCUT2D eigenvalue weighted by Crippen LogP contribution is 2.30. The number of nitrogens with one attached hydrogen (secondary N) is 3. The number of benzene rings is 1. The third-order valence-corrected chi connectivity index (χ3v) is 5.20. The number of para-hydroxylation sites is 1. The maximum atomic E-state index is 3.59. The van der Waals surface area contributed by atoms with E-state index in [2.05, 4.69) is 59.5 Å². The third kappa shape index (κ3) is 2.66. The molecule has 0 saturated carbocycles. The number of aromatic nitrogens is 2. The molecule has 1 unspecified atom stereocenters. The Bertz CT molecular complexity index is 785. The van der Waals surface area contributed by atoms with Crippen molar-refractivity contribution in [2.45, 2.75) is 32.2 Å². The highest BCUT2D eigenvalue weighted by Gasteiger charge is 2.32. The lowest BCUT2D eigenvalue weighted by molar-refractivity contribution is -0.930. The second kappa shape index (κ2) is 6.17. The number of piperidine rings is 1. The first-order valence-corrected chi connectivity index (χ1v) is 8.72. The van der Waals surface area contributed by atoms with Crippen LogP contribution in [-0.2, 0) is 0 Å². The summed E-state index contributed by atoms with van der Waals surface area (Å²) in [7, 11) is 0. The Hall–Kier alpha value is -2.13. The van der Waals surface area contributed by atoms with E-state index in [1.807, 2.05) is 6.20 Å². The summed E-state index contributed by atoms with van der Waals surface area (Å²) in [4.78, 5) is 8.58. The van der Waals surface area contributed by atoms with Gasteiger partial charge < -0.3 is 9.88 Å². The van der Waals surface area contributed by atoms with E-state index >= 15 is 0 Å². The summed E-state index contributed by atoms with van der Waals surface area (Å²) in [5.74, 6) is 0. The van der Waals surface area contributed by atoms with Crippen molar-refractivity contribution in [3.05, 3.63) is 65.6 Å². The quantitative estimate of drug-likeness (QED) is 0.745. The molecule has 3 nitrogen and oxygen atoms in total. The summed E-state index contributed by atoms with van der Waals surface area (Å²) >= 11 is 0. The largest absolute Gasteiger partial charge is 0.358 e. The summed E-state index contributed by atoms with van der Waals surface area (Å²) < 4.78 is 0. The molecule has 0 bridgehead atoms. The van der Waals surface area contributed by atoms with Crippen LogP contribution in [0.1, 0.15) is 42.1 Å². The van der Waals surface area contributed by atoms with Crippen LogP contribution in [0, 0.1) is 6.92 Å². The number of H-pyrrole nitrogens is 2. The zero-order chi connectivity index (χ0) is 15.6. The highest BCUT2D eigenvalue weighted by atomic mass is 15.2. The SMILES string of the molecule is Cc1[nH]c2ccccc2c1C(c1ccc[nH+]c1)[NH+]1CCCCC1. The Morgan fingerprint density at radius 1 is 1.04 bits per heavy atom. The molecule has 4 rings (SSSR count). The van der Waals surface area contributed by atoms with E-state index in [1.54, 1.807) is 4.90 Å². The van der Waals surface area contributed by atoms with E-state index in [9.17, 15) is 0 Å². The van der Waals surface area contributed by atoms with Gasteiger partial charge in [-0.3, -0.25) is 0 Å². The van der Waals surface area contributed by atoms with E-state index in [4.69, 9.17) is 0 Å². The van der Waals surface area contributed by atoms with Gasteiger partial charge in [-0.1, -0.05) is 18.2 Å². The number of pyridine rings is 1. The van der Waals surface area contributed by atoms with E-state index < -0.39 is 0 Å². The van der Waals surface area contributed by atoms with Crippen molar-refractivity contribution in [2.75, 3.05) is 13.1 Å². The average molecular weight is 307 g/mol. The van der Waals surface area contributed by atoms with Gasteiger partial charge in [-0.15, -0.1) is 0 Å². The van der Waals surface area contributed by atoms with Gasteiger partial charge in [0, 0.05) is 28.2 Å². The van der Waals surface area contributed by atoms with Gasteiger partial charge in [-0.05, 0) is 38.3 Å². The van der Waals surface area contributed by atoms with Gasteiger partial charge in [0.25, 0.3) is 0 Å². The summed E-state index contributed by atoms with van der Waals surface area (Å²) in [5.41, 5.74) is 5.41. The van der Waals surface area contributed by atoms with Crippen LogP contribution in [0.15, 0.2) is 48.8 Å². The molecular weight excluding hydrogens is 282 g/mol. The number of fused-ring (bicyclic) bond motifs is 1. The third-order valence-electron chi connectivity index (χ3n) is 5.20. The zero-order valence-electron chi connectivity index (χ0n) is 13.7. The molecule has 0 radical (unpaired) electrons. The average Bonchev–Trinajstić information content (AvgIpc) is 2.94. The normalized spacial score (nSPS) is 17.4. The first kappa shape index (κ1) is 14.5. The topological polar surface area (TPSA) is 34.4 Å². The van der Waals surface area contributed by atoms with Crippen LogP contribution in [0.2, 0.25) is 0 Å². The number of rotatable bonds is 3. The van der Waals surface area contributed by atoms with E-state index in [1.165, 1.54) is 60.1 Å². The zero-order valence-corrected chi connectivity index (χ0v) is 13.7. The lowest BCUT2D eigenvalue weighted by Gasteiger charge is -2.31.